The molecule has 0 unspecified atom stereocenters. The lowest BCUT2D eigenvalue weighted by atomic mass is 10.1. The van der Waals surface area contributed by atoms with Crippen LogP contribution in [0.4, 0.5) is 17.1 Å². The van der Waals surface area contributed by atoms with E-state index in [4.69, 9.17) is 5.73 Å². The standard InChI is InChI=1S/C17H19N3O/c1-19(2)13-8-6-12(7-9-13)17(21)20-11-10-14-15(18)4-3-5-16(14)20/h3-9H,10-11,18H2,1-2H3. The van der Waals surface area contributed by atoms with Gasteiger partial charge in [-0.3, -0.25) is 4.79 Å². The van der Waals surface area contributed by atoms with E-state index in [1.807, 2.05) is 66.4 Å². The Kier molecular flexibility index (Phi) is 3.29. The van der Waals surface area contributed by atoms with Crippen LogP contribution in [-0.4, -0.2) is 26.5 Å². The van der Waals surface area contributed by atoms with E-state index in [9.17, 15) is 4.79 Å². The van der Waals surface area contributed by atoms with Crippen LogP contribution in [0.25, 0.3) is 0 Å². The molecular weight excluding hydrogens is 262 g/mol. The van der Waals surface area contributed by atoms with Gasteiger partial charge >= 0.3 is 0 Å². The summed E-state index contributed by atoms with van der Waals surface area (Å²) in [6.07, 6.45) is 0.823. The van der Waals surface area contributed by atoms with E-state index >= 15 is 0 Å². The number of benzene rings is 2. The number of hydrogen-bond donors (Lipinski definition) is 1. The van der Waals surface area contributed by atoms with Gasteiger partial charge in [0.05, 0.1) is 0 Å². The van der Waals surface area contributed by atoms with Crippen molar-refractivity contribution in [2.45, 2.75) is 6.42 Å². The number of amides is 1. The minimum Gasteiger partial charge on any atom is -0.398 e. The van der Waals surface area contributed by atoms with Gasteiger partial charge in [-0.05, 0) is 42.8 Å². The molecule has 0 atom stereocenters. The summed E-state index contributed by atoms with van der Waals surface area (Å²) in [4.78, 5) is 16.5. The Bertz CT molecular complexity index is 677. The van der Waals surface area contributed by atoms with Gasteiger partial charge in [0.2, 0.25) is 0 Å². The third-order valence-electron chi connectivity index (χ3n) is 3.94. The number of rotatable bonds is 2. The van der Waals surface area contributed by atoms with Crippen molar-refractivity contribution < 1.29 is 4.79 Å². The van der Waals surface area contributed by atoms with Gasteiger partial charge in [0.1, 0.15) is 0 Å². The van der Waals surface area contributed by atoms with E-state index in [0.29, 0.717) is 12.1 Å². The van der Waals surface area contributed by atoms with Crippen LogP contribution >= 0.6 is 0 Å². The van der Waals surface area contributed by atoms with Gasteiger partial charge in [-0.2, -0.15) is 0 Å². The molecule has 0 spiro atoms. The average molecular weight is 281 g/mol. The predicted molar refractivity (Wildman–Crippen MR) is 87.0 cm³/mol. The number of carbonyl (C=O) groups excluding carboxylic acids is 1. The Morgan fingerprint density at radius 3 is 2.52 bits per heavy atom. The van der Waals surface area contributed by atoms with Crippen molar-refractivity contribution in [2.75, 3.05) is 36.2 Å². The molecule has 4 heteroatoms. The minimum atomic E-state index is 0.0321. The fraction of sp³-hybridized carbons (Fsp3) is 0.235. The summed E-state index contributed by atoms with van der Waals surface area (Å²) in [5.74, 6) is 0.0321. The highest BCUT2D eigenvalue weighted by molar-refractivity contribution is 6.07. The number of nitrogens with two attached hydrogens (primary N) is 1. The van der Waals surface area contributed by atoms with Gasteiger partial charge in [0.15, 0.2) is 0 Å². The predicted octanol–water partition coefficient (Wildman–Crippen LogP) is 2.54. The zero-order valence-electron chi connectivity index (χ0n) is 12.3. The van der Waals surface area contributed by atoms with Crippen LogP contribution in [0.5, 0.6) is 0 Å². The van der Waals surface area contributed by atoms with Crippen LogP contribution < -0.4 is 15.5 Å². The molecule has 21 heavy (non-hydrogen) atoms. The molecule has 108 valence electrons. The first-order valence-electron chi connectivity index (χ1n) is 7.04. The number of nitrogen functional groups attached to an aromatic ring is 1. The lowest BCUT2D eigenvalue weighted by Crippen LogP contribution is -2.28. The van der Waals surface area contributed by atoms with Gasteiger partial charge < -0.3 is 15.5 Å². The molecule has 2 aromatic carbocycles. The second-order valence-corrected chi connectivity index (χ2v) is 5.49. The highest BCUT2D eigenvalue weighted by Crippen LogP contribution is 2.33. The molecule has 1 amide bonds. The maximum Gasteiger partial charge on any atom is 0.258 e. The van der Waals surface area contributed by atoms with Crippen molar-refractivity contribution >= 4 is 23.0 Å². The molecule has 1 heterocycles. The quantitative estimate of drug-likeness (QED) is 0.861. The van der Waals surface area contributed by atoms with Crippen LogP contribution in [0.2, 0.25) is 0 Å². The Labute approximate surface area is 124 Å². The molecule has 2 N–H and O–H groups in total. The van der Waals surface area contributed by atoms with Gasteiger partial charge in [-0.15, -0.1) is 0 Å². The largest absolute Gasteiger partial charge is 0.398 e. The summed E-state index contributed by atoms with van der Waals surface area (Å²) in [6.45, 7) is 0.692. The van der Waals surface area contributed by atoms with Gasteiger partial charge in [-0.1, -0.05) is 6.07 Å². The lowest BCUT2D eigenvalue weighted by molar-refractivity contribution is 0.0989. The Morgan fingerprint density at radius 2 is 1.86 bits per heavy atom. The summed E-state index contributed by atoms with van der Waals surface area (Å²) in [5.41, 5.74) is 10.6. The normalized spacial score (nSPS) is 13.1. The first kappa shape index (κ1) is 13.5. The fourth-order valence-electron chi connectivity index (χ4n) is 2.73. The molecule has 3 rings (SSSR count). The zero-order chi connectivity index (χ0) is 15.0. The second-order valence-electron chi connectivity index (χ2n) is 5.49. The van der Waals surface area contributed by atoms with Crippen LogP contribution in [0.15, 0.2) is 42.5 Å². The molecule has 0 bridgehead atoms. The topological polar surface area (TPSA) is 49.6 Å². The highest BCUT2D eigenvalue weighted by Gasteiger charge is 2.26. The van der Waals surface area contributed by atoms with Crippen molar-refractivity contribution in [2.24, 2.45) is 0 Å². The van der Waals surface area contributed by atoms with Gasteiger partial charge in [0, 0.05) is 48.8 Å². The van der Waals surface area contributed by atoms with Crippen molar-refractivity contribution in [1.82, 2.24) is 0 Å². The molecule has 0 radical (unpaired) electrons. The third kappa shape index (κ3) is 2.33. The first-order valence-corrected chi connectivity index (χ1v) is 7.04. The molecular formula is C17H19N3O. The minimum absolute atomic E-state index is 0.0321. The number of nitrogens with zero attached hydrogens (tertiary/aromatic N) is 2. The molecule has 1 aliphatic rings. The Hall–Kier alpha value is -2.49. The number of anilines is 3. The van der Waals surface area contributed by atoms with Crippen molar-refractivity contribution in [3.05, 3.63) is 53.6 Å². The van der Waals surface area contributed by atoms with Crippen LogP contribution in [-0.2, 0) is 6.42 Å². The molecule has 0 saturated carbocycles. The molecule has 0 saturated heterocycles. The molecule has 4 nitrogen and oxygen atoms in total. The van der Waals surface area contributed by atoms with Gasteiger partial charge in [0.25, 0.3) is 5.91 Å². The SMILES string of the molecule is CN(C)c1ccc(C(=O)N2CCc3c(N)cccc32)cc1. The van der Waals surface area contributed by atoms with E-state index in [1.165, 1.54) is 0 Å². The highest BCUT2D eigenvalue weighted by atomic mass is 16.2. The van der Waals surface area contributed by atoms with E-state index in [2.05, 4.69) is 0 Å². The molecule has 0 aliphatic carbocycles. The van der Waals surface area contributed by atoms with Crippen molar-refractivity contribution in [3.8, 4) is 0 Å². The summed E-state index contributed by atoms with van der Waals surface area (Å²) in [7, 11) is 3.96. The molecule has 0 fully saturated rings. The van der Waals surface area contributed by atoms with Gasteiger partial charge in [-0.25, -0.2) is 0 Å². The van der Waals surface area contributed by atoms with E-state index in [1.54, 1.807) is 0 Å². The summed E-state index contributed by atoms with van der Waals surface area (Å²) >= 11 is 0. The zero-order valence-corrected chi connectivity index (χ0v) is 12.3. The molecule has 2 aromatic rings. The average Bonchev–Trinajstić information content (AvgIpc) is 2.92. The van der Waals surface area contributed by atoms with Crippen LogP contribution in [0, 0.1) is 0 Å². The second kappa shape index (κ2) is 5.13. The number of hydrogen-bond acceptors (Lipinski definition) is 3. The van der Waals surface area contributed by atoms with Crippen molar-refractivity contribution in [3.63, 3.8) is 0 Å². The lowest BCUT2D eigenvalue weighted by Gasteiger charge is -2.18. The van der Waals surface area contributed by atoms with E-state index in [-0.39, 0.29) is 5.91 Å². The molecule has 1 aliphatic heterocycles. The third-order valence-corrected chi connectivity index (χ3v) is 3.94. The summed E-state index contributed by atoms with van der Waals surface area (Å²) < 4.78 is 0. The maximum absolute atomic E-state index is 12.7. The number of carbonyl (C=O) groups is 1. The smallest absolute Gasteiger partial charge is 0.258 e. The Balaban J connectivity index is 1.89. The summed E-state index contributed by atoms with van der Waals surface area (Å²) in [5, 5.41) is 0. The Morgan fingerprint density at radius 1 is 1.14 bits per heavy atom. The summed E-state index contributed by atoms with van der Waals surface area (Å²) in [6, 6.07) is 13.4. The maximum atomic E-state index is 12.7. The van der Waals surface area contributed by atoms with Crippen molar-refractivity contribution in [1.29, 1.82) is 0 Å². The molecule has 0 aromatic heterocycles. The first-order chi connectivity index (χ1) is 10.1. The monoisotopic (exact) mass is 281 g/mol. The van der Waals surface area contributed by atoms with E-state index in [0.717, 1.165) is 29.0 Å². The number of fused-ring (bicyclic) bond motifs is 1. The van der Waals surface area contributed by atoms with E-state index < -0.39 is 0 Å². The van der Waals surface area contributed by atoms with Crippen LogP contribution in [0.1, 0.15) is 15.9 Å². The van der Waals surface area contributed by atoms with Crippen LogP contribution in [0.3, 0.4) is 0 Å². The fourth-order valence-corrected chi connectivity index (χ4v) is 2.73.